The van der Waals surface area contributed by atoms with Crippen LogP contribution in [0.5, 0.6) is 0 Å². The van der Waals surface area contributed by atoms with E-state index in [1.54, 1.807) is 6.07 Å². The van der Waals surface area contributed by atoms with Crippen molar-refractivity contribution < 1.29 is 4.79 Å². The second kappa shape index (κ2) is 4.53. The molecule has 0 spiro atoms. The molecular weight excluding hydrogens is 180 g/mol. The third-order valence-corrected chi connectivity index (χ3v) is 1.24. The zero-order valence-electron chi connectivity index (χ0n) is 6.15. The average Bonchev–Trinajstić information content (AvgIpc) is 2.04. The lowest BCUT2D eigenvalue weighted by Gasteiger charge is -2.02. The van der Waals surface area contributed by atoms with Gasteiger partial charge in [0.15, 0.2) is 0 Å². The molecule has 1 aromatic rings. The molecule has 6 heteroatoms. The molecule has 12 heavy (non-hydrogen) atoms. The Hall–Kier alpha value is -1.33. The normalized spacial score (nSPS) is 8.42. The van der Waals surface area contributed by atoms with E-state index in [0.29, 0.717) is 5.69 Å². The number of hydrazine groups is 1. The van der Waals surface area contributed by atoms with Gasteiger partial charge in [0, 0.05) is 12.4 Å². The zero-order valence-corrected chi connectivity index (χ0v) is 6.97. The summed E-state index contributed by atoms with van der Waals surface area (Å²) in [5.74, 6) is 4.55. The molecule has 0 bridgehead atoms. The topological polar surface area (TPSA) is 94.0 Å². The molecule has 0 atom stereocenters. The molecule has 1 aromatic heterocycles. The maximum absolute atomic E-state index is 10.7. The van der Waals surface area contributed by atoms with Crippen LogP contribution in [0.1, 0.15) is 10.4 Å². The van der Waals surface area contributed by atoms with Crippen molar-refractivity contribution in [3.8, 4) is 0 Å². The van der Waals surface area contributed by atoms with Crippen molar-refractivity contribution in [2.45, 2.75) is 0 Å². The first-order valence-electron chi connectivity index (χ1n) is 2.96. The Morgan fingerprint density at radius 2 is 2.25 bits per heavy atom. The van der Waals surface area contributed by atoms with Gasteiger partial charge in [0.05, 0.1) is 11.3 Å². The van der Waals surface area contributed by atoms with Crippen molar-refractivity contribution in [2.75, 3.05) is 5.43 Å². The van der Waals surface area contributed by atoms with Gasteiger partial charge in [-0.3, -0.25) is 15.6 Å². The van der Waals surface area contributed by atoms with Gasteiger partial charge in [-0.25, -0.2) is 0 Å². The number of rotatable bonds is 2. The van der Waals surface area contributed by atoms with Crippen LogP contribution in [0.2, 0.25) is 0 Å². The van der Waals surface area contributed by atoms with E-state index in [1.165, 1.54) is 12.4 Å². The first-order valence-corrected chi connectivity index (χ1v) is 2.96. The number of hydrogen-bond donors (Lipinski definition) is 3. The third-order valence-electron chi connectivity index (χ3n) is 1.24. The van der Waals surface area contributed by atoms with Crippen molar-refractivity contribution in [3.05, 3.63) is 24.0 Å². The van der Waals surface area contributed by atoms with Crippen LogP contribution in [-0.2, 0) is 0 Å². The van der Waals surface area contributed by atoms with Gasteiger partial charge in [-0.05, 0) is 6.07 Å². The molecule has 5 N–H and O–H groups in total. The number of carbonyl (C=O) groups is 1. The SMILES string of the molecule is Cl.NNc1ccncc1C(N)=O. The smallest absolute Gasteiger partial charge is 0.252 e. The Bertz CT molecular complexity index is 278. The number of amides is 1. The fourth-order valence-corrected chi connectivity index (χ4v) is 0.717. The highest BCUT2D eigenvalue weighted by molar-refractivity contribution is 5.97. The van der Waals surface area contributed by atoms with E-state index < -0.39 is 5.91 Å². The molecule has 0 aliphatic heterocycles. The van der Waals surface area contributed by atoms with Crippen LogP contribution in [0, 0.1) is 0 Å². The van der Waals surface area contributed by atoms with Crippen LogP contribution < -0.4 is 17.0 Å². The first kappa shape index (κ1) is 10.7. The van der Waals surface area contributed by atoms with E-state index in [9.17, 15) is 4.79 Å². The van der Waals surface area contributed by atoms with Crippen molar-refractivity contribution in [1.82, 2.24) is 4.98 Å². The van der Waals surface area contributed by atoms with Crippen LogP contribution in [-0.4, -0.2) is 10.9 Å². The third kappa shape index (κ3) is 2.08. The van der Waals surface area contributed by atoms with Crippen LogP contribution in [0.4, 0.5) is 5.69 Å². The molecule has 5 nitrogen and oxygen atoms in total. The number of anilines is 1. The lowest BCUT2D eigenvalue weighted by molar-refractivity contribution is 0.100. The number of pyridine rings is 1. The standard InChI is InChI=1S/C6H8N4O.ClH/c7-6(11)4-3-9-2-1-5(4)10-8;/h1-3H,8H2,(H2,7,11)(H,9,10);1H. The molecule has 0 saturated carbocycles. The van der Waals surface area contributed by atoms with Gasteiger partial charge in [0.1, 0.15) is 0 Å². The lowest BCUT2D eigenvalue weighted by Crippen LogP contribution is -2.17. The van der Waals surface area contributed by atoms with E-state index in [2.05, 4.69) is 10.4 Å². The highest BCUT2D eigenvalue weighted by Gasteiger charge is 2.04. The van der Waals surface area contributed by atoms with Gasteiger partial charge in [-0.1, -0.05) is 0 Å². The zero-order chi connectivity index (χ0) is 8.27. The van der Waals surface area contributed by atoms with Crippen molar-refractivity contribution >= 4 is 24.0 Å². The average molecular weight is 189 g/mol. The predicted molar refractivity (Wildman–Crippen MR) is 47.8 cm³/mol. The number of nitrogens with zero attached hydrogens (tertiary/aromatic N) is 1. The van der Waals surface area contributed by atoms with E-state index in [4.69, 9.17) is 11.6 Å². The lowest BCUT2D eigenvalue weighted by atomic mass is 10.2. The van der Waals surface area contributed by atoms with Gasteiger partial charge >= 0.3 is 0 Å². The number of carbonyl (C=O) groups excluding carboxylic acids is 1. The second-order valence-electron chi connectivity index (χ2n) is 1.93. The molecule has 0 saturated heterocycles. The Balaban J connectivity index is 0.00000121. The Kier molecular flexibility index (Phi) is 4.03. The Labute approximate surface area is 75.5 Å². The molecule has 0 radical (unpaired) electrons. The second-order valence-corrected chi connectivity index (χ2v) is 1.93. The molecule has 1 rings (SSSR count). The molecule has 0 aromatic carbocycles. The van der Waals surface area contributed by atoms with Crippen LogP contribution >= 0.6 is 12.4 Å². The minimum Gasteiger partial charge on any atom is -0.365 e. The molecule has 66 valence electrons. The molecule has 0 aliphatic rings. The number of nitrogens with one attached hydrogen (secondary N) is 1. The quantitative estimate of drug-likeness (QED) is 0.446. The first-order chi connectivity index (χ1) is 5.25. The summed E-state index contributed by atoms with van der Waals surface area (Å²) in [5.41, 5.74) is 8.12. The highest BCUT2D eigenvalue weighted by atomic mass is 35.5. The molecule has 0 fully saturated rings. The summed E-state index contributed by atoms with van der Waals surface area (Å²) >= 11 is 0. The summed E-state index contributed by atoms with van der Waals surface area (Å²) in [4.78, 5) is 14.4. The summed E-state index contributed by atoms with van der Waals surface area (Å²) in [5, 5.41) is 0. The minimum atomic E-state index is -0.550. The summed E-state index contributed by atoms with van der Waals surface area (Å²) in [6.45, 7) is 0. The molecule has 1 amide bonds. The van der Waals surface area contributed by atoms with E-state index in [1.807, 2.05) is 0 Å². The monoisotopic (exact) mass is 188 g/mol. The van der Waals surface area contributed by atoms with Crippen molar-refractivity contribution in [3.63, 3.8) is 0 Å². The number of primary amides is 1. The fraction of sp³-hybridized carbons (Fsp3) is 0. The summed E-state index contributed by atoms with van der Waals surface area (Å²) in [6.07, 6.45) is 2.87. The van der Waals surface area contributed by atoms with Gasteiger partial charge in [-0.15, -0.1) is 12.4 Å². The Morgan fingerprint density at radius 3 is 2.67 bits per heavy atom. The van der Waals surface area contributed by atoms with Gasteiger partial charge in [-0.2, -0.15) is 0 Å². The highest BCUT2D eigenvalue weighted by Crippen LogP contribution is 2.09. The van der Waals surface area contributed by atoms with Gasteiger partial charge < -0.3 is 11.2 Å². The summed E-state index contributed by atoms with van der Waals surface area (Å²) < 4.78 is 0. The molecular formula is C6H9ClN4O. The number of hydrogen-bond acceptors (Lipinski definition) is 4. The number of aromatic nitrogens is 1. The van der Waals surface area contributed by atoms with Gasteiger partial charge in [0.25, 0.3) is 5.91 Å². The summed E-state index contributed by atoms with van der Waals surface area (Å²) in [7, 11) is 0. The van der Waals surface area contributed by atoms with Gasteiger partial charge in [0.2, 0.25) is 0 Å². The maximum atomic E-state index is 10.7. The number of halogens is 1. The van der Waals surface area contributed by atoms with E-state index in [-0.39, 0.29) is 18.0 Å². The van der Waals surface area contributed by atoms with Crippen LogP contribution in [0.15, 0.2) is 18.5 Å². The van der Waals surface area contributed by atoms with Crippen molar-refractivity contribution in [1.29, 1.82) is 0 Å². The number of nitrogen functional groups attached to an aromatic ring is 1. The maximum Gasteiger partial charge on any atom is 0.252 e. The molecule has 0 aliphatic carbocycles. The largest absolute Gasteiger partial charge is 0.365 e. The van der Waals surface area contributed by atoms with E-state index in [0.717, 1.165) is 0 Å². The van der Waals surface area contributed by atoms with E-state index >= 15 is 0 Å². The fourth-order valence-electron chi connectivity index (χ4n) is 0.717. The van der Waals surface area contributed by atoms with Crippen LogP contribution in [0.25, 0.3) is 0 Å². The summed E-state index contributed by atoms with van der Waals surface area (Å²) in [6, 6.07) is 1.57. The Morgan fingerprint density at radius 1 is 1.58 bits per heavy atom. The molecule has 0 unspecified atom stereocenters. The molecule has 1 heterocycles. The predicted octanol–water partition coefficient (Wildman–Crippen LogP) is -0.112. The number of nitrogens with two attached hydrogens (primary N) is 2. The van der Waals surface area contributed by atoms with Crippen molar-refractivity contribution in [2.24, 2.45) is 11.6 Å². The minimum absolute atomic E-state index is 0. The van der Waals surface area contributed by atoms with Crippen LogP contribution in [0.3, 0.4) is 0 Å².